The Morgan fingerprint density at radius 3 is 1.06 bits per heavy atom. The summed E-state index contributed by atoms with van der Waals surface area (Å²) < 4.78 is 67.7. The quantitative estimate of drug-likeness (QED) is 0.0411. The number of nitrogens with zero attached hydrogens (tertiary/aromatic N) is 2. The number of cyclic esters (lactones) is 4. The number of ether oxygens (including phenoxy) is 7. The van der Waals surface area contributed by atoms with Gasteiger partial charge in [0.25, 0.3) is 11.8 Å². The molecular formula is C88H112F2N2O18. The maximum atomic E-state index is 14.3. The van der Waals surface area contributed by atoms with E-state index in [4.69, 9.17) is 33.2 Å². The number of aliphatic hydroxyl groups excluding tert-OH is 1. The Balaban J connectivity index is 0.000000146. The fraction of sp³-hybridized carbons (Fsp3) is 0.614. The van der Waals surface area contributed by atoms with Crippen LogP contribution in [0.4, 0.5) is 8.78 Å². The Hall–Kier alpha value is -8.24. The van der Waals surface area contributed by atoms with Crippen molar-refractivity contribution in [2.75, 3.05) is 52.6 Å². The molecule has 22 heteroatoms. The molecule has 5 atom stereocenters. The molecule has 10 aliphatic rings. The number of ketones is 4. The van der Waals surface area contributed by atoms with Crippen molar-refractivity contribution in [1.29, 1.82) is 0 Å². The van der Waals surface area contributed by atoms with E-state index in [1.165, 1.54) is 12.1 Å². The maximum absolute atomic E-state index is 14.3. The topological polar surface area (TPSA) is 262 Å². The summed E-state index contributed by atoms with van der Waals surface area (Å²) in [5.74, 6) is -0.633. The van der Waals surface area contributed by atoms with Gasteiger partial charge in [-0.25, -0.2) is 8.78 Å². The van der Waals surface area contributed by atoms with Gasteiger partial charge in [-0.05, 0) is 216 Å². The zero-order chi connectivity index (χ0) is 78.0. The van der Waals surface area contributed by atoms with Crippen molar-refractivity contribution in [1.82, 2.24) is 9.80 Å². The second-order valence-electron chi connectivity index (χ2n) is 32.8. The van der Waals surface area contributed by atoms with E-state index in [0.29, 0.717) is 147 Å². The molecule has 4 aromatic carbocycles. The summed E-state index contributed by atoms with van der Waals surface area (Å²) in [7, 11) is 0. The largest absolute Gasteiger partial charge is 0.491 e. The average Bonchev–Trinajstić information content (AvgIpc) is 1.45. The molecule has 4 unspecified atom stereocenters. The van der Waals surface area contributed by atoms with Crippen molar-refractivity contribution in [2.45, 2.75) is 261 Å². The van der Waals surface area contributed by atoms with Crippen LogP contribution < -0.4 is 9.47 Å². The first kappa shape index (κ1) is 82.7. The average molecular weight is 1520 g/mol. The number of hydrogen-bond donors (Lipinski definition) is 1. The third kappa shape index (κ3) is 21.9. The van der Waals surface area contributed by atoms with Crippen LogP contribution in [0, 0.1) is 41.2 Å². The van der Waals surface area contributed by atoms with Crippen LogP contribution in [-0.4, -0.2) is 155 Å². The second kappa shape index (κ2) is 38.3. The van der Waals surface area contributed by atoms with Crippen LogP contribution in [0.15, 0.2) is 84.9 Å². The molecule has 2 amide bonds. The van der Waals surface area contributed by atoms with E-state index in [0.717, 1.165) is 131 Å². The number of carbonyl (C=O) groups is 10. The van der Waals surface area contributed by atoms with Crippen LogP contribution in [0.1, 0.15) is 250 Å². The molecule has 20 nitrogen and oxygen atoms in total. The number of morpholine rings is 1. The van der Waals surface area contributed by atoms with Crippen molar-refractivity contribution < 1.29 is 95.0 Å². The fourth-order valence-corrected chi connectivity index (χ4v) is 18.7. The van der Waals surface area contributed by atoms with Gasteiger partial charge in [0, 0.05) is 63.0 Å². The summed E-state index contributed by atoms with van der Waals surface area (Å²) >= 11 is 0. The first-order valence-electron chi connectivity index (χ1n) is 40.7. The molecule has 110 heavy (non-hydrogen) atoms. The minimum Gasteiger partial charge on any atom is -0.491 e. The molecule has 1 N–H and O–H groups in total. The molecule has 0 aromatic heterocycles. The van der Waals surface area contributed by atoms with E-state index in [1.54, 1.807) is 17.0 Å². The minimum atomic E-state index is -0.716. The van der Waals surface area contributed by atoms with Gasteiger partial charge in [0.15, 0.2) is 23.1 Å². The van der Waals surface area contributed by atoms with E-state index in [-0.39, 0.29) is 119 Å². The Labute approximate surface area is 645 Å². The van der Waals surface area contributed by atoms with E-state index in [1.807, 2.05) is 86.3 Å². The highest BCUT2D eigenvalue weighted by atomic mass is 19.1. The highest BCUT2D eigenvalue weighted by Crippen LogP contribution is 2.48. The van der Waals surface area contributed by atoms with Crippen LogP contribution in [-0.2, 0) is 87.7 Å². The SMILES string of the molecule is CC(C)COc1ccc(CCC2(C3CCCC3)CC(=O)CC(=O)O2)cc1F.CCOc1ccc(CCC2(C3CCCC3)CC(=O)CC(=O)O2)cc1F.O=C1CC(=O)OC(CCc2ccc(C(=O)N3CCOCC3)cc2)(C2CCCC2)C1.O=C1CC(=O)OC(CCc2ccc(C(=O)N3CC[C@H](O)C3)cc2)(C2CCCC2)C1. The van der Waals surface area contributed by atoms with Crippen molar-refractivity contribution >= 4 is 58.8 Å². The first-order chi connectivity index (χ1) is 52.9. The van der Waals surface area contributed by atoms with E-state index in [2.05, 4.69) is 0 Å². The fourth-order valence-electron chi connectivity index (χ4n) is 18.7. The Kier molecular flexibility index (Phi) is 28.8. The molecule has 4 saturated carbocycles. The number of Topliss-reactive ketones (excluding diaryl/α,β-unsaturated/α-hetero) is 4. The third-order valence-electron chi connectivity index (χ3n) is 24.4. The van der Waals surface area contributed by atoms with E-state index in [9.17, 15) is 61.8 Å². The van der Waals surface area contributed by atoms with Crippen LogP contribution >= 0.6 is 0 Å². The molecule has 0 spiro atoms. The lowest BCUT2D eigenvalue weighted by Crippen LogP contribution is -2.48. The molecule has 10 fully saturated rings. The molecular weight excluding hydrogens is 1410 g/mol. The van der Waals surface area contributed by atoms with Gasteiger partial charge in [-0.1, -0.05) is 102 Å². The number of likely N-dealkylation sites (tertiary alicyclic amines) is 1. The molecule has 6 aliphatic heterocycles. The standard InChI is InChI=1S/2C23H29NO5.C22H29FO4.C20H25FO4/c25-19-10-12-24(15-19)22(28)17-7-5-16(6-8-17)9-11-23(18-3-1-2-4-18)14-20(26)13-21(27)29-23;25-20-15-21(26)29-23(16-20,19-3-1-2-4-19)10-9-17-5-7-18(8-6-17)22(27)24-11-13-28-14-12-24;1-15(2)14-26-20-8-7-16(11-19(20)23)9-10-22(17-5-3-4-6-17)13-18(24)12-21(25)27-22;1-2-24-18-8-7-14(11-17(18)21)9-10-20(15-5-3-4-6-15)13-16(22)12-19(23)25-20/h5-8,18-19,25H,1-4,9-15H2;5-8,19H,1-4,9-16H2;7-8,11,15,17H,3-6,9-10,12-14H2,1-2H3;7-8,11,15H,2-6,9-10,12-13H2,1H3/t19-,23?;;;/m0.../s1. The summed E-state index contributed by atoms with van der Waals surface area (Å²) in [6.45, 7) is 10.1. The highest BCUT2D eigenvalue weighted by molar-refractivity contribution is 6.00. The van der Waals surface area contributed by atoms with Gasteiger partial charge in [0.05, 0.1) is 32.5 Å². The highest BCUT2D eigenvalue weighted by Gasteiger charge is 2.52. The Bertz CT molecular complexity index is 3700. The molecule has 4 aliphatic carbocycles. The molecule has 6 saturated heterocycles. The number of aryl methyl sites for hydroxylation is 4. The molecule has 14 rings (SSSR count). The molecule has 6 heterocycles. The van der Waals surface area contributed by atoms with Gasteiger partial charge in [-0.15, -0.1) is 0 Å². The smallest absolute Gasteiger partial charge is 0.313 e. The third-order valence-corrected chi connectivity index (χ3v) is 24.4. The van der Waals surface area contributed by atoms with Crippen molar-refractivity contribution in [3.05, 3.63) is 130 Å². The van der Waals surface area contributed by atoms with Crippen LogP contribution in [0.2, 0.25) is 0 Å². The van der Waals surface area contributed by atoms with Gasteiger partial charge in [-0.2, -0.15) is 0 Å². The number of amides is 2. The first-order valence-corrected chi connectivity index (χ1v) is 40.7. The monoisotopic (exact) mass is 1520 g/mol. The molecule has 4 aromatic rings. The van der Waals surface area contributed by atoms with Gasteiger partial charge in [-0.3, -0.25) is 47.9 Å². The predicted octanol–water partition coefficient (Wildman–Crippen LogP) is 14.2. The van der Waals surface area contributed by atoms with Crippen molar-refractivity contribution in [3.8, 4) is 11.5 Å². The normalized spacial score (nSPS) is 25.6. The summed E-state index contributed by atoms with van der Waals surface area (Å²) in [6, 6.07) is 25.2. The predicted molar refractivity (Wildman–Crippen MR) is 404 cm³/mol. The summed E-state index contributed by atoms with van der Waals surface area (Å²) in [4.78, 5) is 125. The summed E-state index contributed by atoms with van der Waals surface area (Å²) in [5.41, 5.74) is 2.37. The maximum Gasteiger partial charge on any atom is 0.313 e. The Morgan fingerprint density at radius 2 is 0.764 bits per heavy atom. The lowest BCUT2D eigenvalue weighted by atomic mass is 9.76. The number of β-amino-alcohol motifs (C(OH)–C–C–N with tert-alkyl or cyclic N) is 1. The molecule has 0 bridgehead atoms. The van der Waals surface area contributed by atoms with Gasteiger partial charge in [0.2, 0.25) is 0 Å². The van der Waals surface area contributed by atoms with Crippen LogP contribution in [0.3, 0.4) is 0 Å². The number of halogens is 2. The van der Waals surface area contributed by atoms with Gasteiger partial charge < -0.3 is 48.1 Å². The Morgan fingerprint density at radius 1 is 0.445 bits per heavy atom. The van der Waals surface area contributed by atoms with Gasteiger partial charge >= 0.3 is 23.9 Å². The van der Waals surface area contributed by atoms with Crippen LogP contribution in [0.5, 0.6) is 11.5 Å². The van der Waals surface area contributed by atoms with Crippen molar-refractivity contribution in [2.24, 2.45) is 29.6 Å². The number of carbonyl (C=O) groups excluding carboxylic acids is 10. The number of esters is 4. The second-order valence-corrected chi connectivity index (χ2v) is 32.8. The van der Waals surface area contributed by atoms with Crippen molar-refractivity contribution in [3.63, 3.8) is 0 Å². The van der Waals surface area contributed by atoms with Gasteiger partial charge in [0.1, 0.15) is 71.2 Å². The zero-order valence-electron chi connectivity index (χ0n) is 64.6. The lowest BCUT2D eigenvalue weighted by molar-refractivity contribution is -0.180. The van der Waals surface area contributed by atoms with Crippen LogP contribution in [0.25, 0.3) is 0 Å². The minimum absolute atomic E-state index is 0.000365. The molecule has 596 valence electrons. The summed E-state index contributed by atoms with van der Waals surface area (Å²) in [5, 5.41) is 9.63. The zero-order valence-corrected chi connectivity index (χ0v) is 64.6. The number of rotatable bonds is 23. The number of aliphatic hydroxyl groups is 1. The number of benzene rings is 4. The van der Waals surface area contributed by atoms with E-state index >= 15 is 0 Å². The molecule has 0 radical (unpaired) electrons. The lowest BCUT2D eigenvalue weighted by Gasteiger charge is -2.41. The van der Waals surface area contributed by atoms with E-state index < -0.39 is 40.4 Å². The summed E-state index contributed by atoms with van der Waals surface area (Å²) in [6.07, 6.45) is 23.0. The number of hydrogen-bond acceptors (Lipinski definition) is 18.